The molecular formula is C16H25FN4O3. The average Bonchev–Trinajstić information content (AvgIpc) is 3.20. The van der Waals surface area contributed by atoms with Crippen LogP contribution in [-0.2, 0) is 23.1 Å². The molecule has 0 saturated carbocycles. The minimum atomic E-state index is -0.867. The third-order valence-corrected chi connectivity index (χ3v) is 4.77. The first-order valence-corrected chi connectivity index (χ1v) is 8.39. The van der Waals surface area contributed by atoms with Gasteiger partial charge in [0.2, 0.25) is 5.91 Å². The van der Waals surface area contributed by atoms with Crippen molar-refractivity contribution in [2.45, 2.75) is 37.7 Å². The van der Waals surface area contributed by atoms with Crippen molar-refractivity contribution < 1.29 is 19.0 Å². The average molecular weight is 340 g/mol. The van der Waals surface area contributed by atoms with E-state index in [0.717, 1.165) is 5.56 Å². The molecule has 1 aromatic rings. The smallest absolute Gasteiger partial charge is 0.220 e. The van der Waals surface area contributed by atoms with Gasteiger partial charge in [0.25, 0.3) is 0 Å². The van der Waals surface area contributed by atoms with Gasteiger partial charge in [-0.1, -0.05) is 0 Å². The molecule has 0 bridgehead atoms. The second-order valence-corrected chi connectivity index (χ2v) is 6.81. The molecule has 7 nitrogen and oxygen atoms in total. The molecule has 0 aromatic carbocycles. The lowest BCUT2D eigenvalue weighted by Crippen LogP contribution is -2.40. The quantitative estimate of drug-likeness (QED) is 0.753. The largest absolute Gasteiger partial charge is 0.390 e. The minimum absolute atomic E-state index is 0.0195. The van der Waals surface area contributed by atoms with Crippen LogP contribution in [0.3, 0.4) is 0 Å². The molecule has 2 N–H and O–H groups in total. The minimum Gasteiger partial charge on any atom is -0.390 e. The van der Waals surface area contributed by atoms with Gasteiger partial charge in [-0.15, -0.1) is 0 Å². The number of alkyl halides is 1. The molecular weight excluding hydrogens is 315 g/mol. The first-order chi connectivity index (χ1) is 11.5. The predicted octanol–water partition coefficient (Wildman–Crippen LogP) is -0.154. The number of rotatable bonds is 6. The van der Waals surface area contributed by atoms with Gasteiger partial charge < -0.3 is 15.2 Å². The number of hydrogen-bond donors (Lipinski definition) is 2. The van der Waals surface area contributed by atoms with Gasteiger partial charge in [-0.3, -0.25) is 14.4 Å². The number of aliphatic hydroxyl groups excluding tert-OH is 1. The molecule has 24 heavy (non-hydrogen) atoms. The van der Waals surface area contributed by atoms with Crippen LogP contribution in [0.5, 0.6) is 0 Å². The summed E-state index contributed by atoms with van der Waals surface area (Å²) in [6.45, 7) is 2.14. The van der Waals surface area contributed by atoms with Crippen LogP contribution in [0.15, 0.2) is 12.4 Å². The molecule has 4 atom stereocenters. The summed E-state index contributed by atoms with van der Waals surface area (Å²) >= 11 is 0. The van der Waals surface area contributed by atoms with Crippen molar-refractivity contribution in [1.82, 2.24) is 20.0 Å². The number of aryl methyl sites for hydroxylation is 1. The number of carbonyl (C=O) groups excluding carboxylic acids is 1. The fraction of sp³-hybridized carbons (Fsp3) is 0.750. The molecule has 2 fully saturated rings. The zero-order chi connectivity index (χ0) is 17.1. The Hall–Kier alpha value is -1.51. The van der Waals surface area contributed by atoms with Gasteiger partial charge in [-0.05, 0) is 6.42 Å². The number of hydrogen-bond acceptors (Lipinski definition) is 5. The van der Waals surface area contributed by atoms with Crippen LogP contribution in [0.25, 0.3) is 0 Å². The maximum Gasteiger partial charge on any atom is 0.220 e. The molecule has 0 spiro atoms. The van der Waals surface area contributed by atoms with Crippen molar-refractivity contribution in [2.24, 2.45) is 13.0 Å². The number of aliphatic hydroxyl groups is 1. The first kappa shape index (κ1) is 17.3. The number of nitrogens with zero attached hydrogens (tertiary/aromatic N) is 3. The van der Waals surface area contributed by atoms with Crippen molar-refractivity contribution in [3.63, 3.8) is 0 Å². The summed E-state index contributed by atoms with van der Waals surface area (Å²) in [4.78, 5) is 14.1. The zero-order valence-corrected chi connectivity index (χ0v) is 13.9. The van der Waals surface area contributed by atoms with E-state index in [1.165, 1.54) is 0 Å². The Bertz CT molecular complexity index is 567. The van der Waals surface area contributed by atoms with Gasteiger partial charge in [-0.25, -0.2) is 4.39 Å². The third kappa shape index (κ3) is 4.31. The van der Waals surface area contributed by atoms with Gasteiger partial charge in [0.05, 0.1) is 25.5 Å². The van der Waals surface area contributed by atoms with Crippen LogP contribution in [0.1, 0.15) is 18.4 Å². The lowest BCUT2D eigenvalue weighted by Gasteiger charge is -2.24. The molecule has 134 valence electrons. The fourth-order valence-corrected chi connectivity index (χ4v) is 3.44. The number of carbonyl (C=O) groups is 1. The second kappa shape index (κ2) is 7.58. The predicted molar refractivity (Wildman–Crippen MR) is 84.9 cm³/mol. The van der Waals surface area contributed by atoms with E-state index in [1.807, 2.05) is 13.2 Å². The Labute approximate surface area is 140 Å². The fourth-order valence-electron chi connectivity index (χ4n) is 3.44. The molecule has 3 rings (SSSR count). The summed E-state index contributed by atoms with van der Waals surface area (Å²) < 4.78 is 20.7. The third-order valence-electron chi connectivity index (χ3n) is 4.77. The van der Waals surface area contributed by atoms with E-state index in [1.54, 1.807) is 10.9 Å². The molecule has 2 aliphatic rings. The summed E-state index contributed by atoms with van der Waals surface area (Å²) in [6.07, 6.45) is 2.93. The normalized spacial score (nSPS) is 30.8. The van der Waals surface area contributed by atoms with Gasteiger partial charge in [-0.2, -0.15) is 5.10 Å². The van der Waals surface area contributed by atoms with E-state index >= 15 is 0 Å². The Morgan fingerprint density at radius 1 is 1.54 bits per heavy atom. The van der Waals surface area contributed by atoms with E-state index in [2.05, 4.69) is 15.3 Å². The molecule has 2 saturated heterocycles. The summed E-state index contributed by atoms with van der Waals surface area (Å²) in [6, 6.07) is -0.0195. The van der Waals surface area contributed by atoms with Crippen LogP contribution in [0, 0.1) is 5.92 Å². The lowest BCUT2D eigenvalue weighted by atomic mass is 10.0. The molecule has 8 heteroatoms. The Kier molecular flexibility index (Phi) is 5.47. The van der Waals surface area contributed by atoms with Crippen molar-refractivity contribution in [1.29, 1.82) is 0 Å². The molecule has 1 amide bonds. The maximum atomic E-state index is 13.8. The van der Waals surface area contributed by atoms with Crippen LogP contribution >= 0.6 is 0 Å². The number of aromatic nitrogens is 2. The van der Waals surface area contributed by atoms with Crippen LogP contribution < -0.4 is 5.32 Å². The molecule has 1 aromatic heterocycles. The number of nitrogens with one attached hydrogen (secondary N) is 1. The van der Waals surface area contributed by atoms with E-state index < -0.39 is 12.3 Å². The lowest BCUT2D eigenvalue weighted by molar-refractivity contribution is -0.122. The number of amides is 1. The van der Waals surface area contributed by atoms with Gasteiger partial charge in [0.1, 0.15) is 6.17 Å². The highest BCUT2D eigenvalue weighted by Crippen LogP contribution is 2.22. The molecule has 0 aliphatic carbocycles. The van der Waals surface area contributed by atoms with Gasteiger partial charge in [0.15, 0.2) is 0 Å². The van der Waals surface area contributed by atoms with E-state index in [0.29, 0.717) is 39.3 Å². The molecule has 2 aliphatic heterocycles. The van der Waals surface area contributed by atoms with Crippen LogP contribution in [0.4, 0.5) is 4.39 Å². The SMILES string of the molecule is Cn1cc(CN2C[C@@H](F)C[C@H]2CNC(=O)C[C@@H]2COC[C@H]2O)cn1. The highest BCUT2D eigenvalue weighted by atomic mass is 19.1. The molecule has 0 unspecified atom stereocenters. The number of likely N-dealkylation sites (tertiary alicyclic amines) is 1. The summed E-state index contributed by atoms with van der Waals surface area (Å²) in [5.41, 5.74) is 1.04. The van der Waals surface area contributed by atoms with Gasteiger partial charge >= 0.3 is 0 Å². The monoisotopic (exact) mass is 340 g/mol. The summed E-state index contributed by atoms with van der Waals surface area (Å²) in [7, 11) is 1.85. The van der Waals surface area contributed by atoms with E-state index in [-0.39, 0.29) is 24.3 Å². The standard InChI is InChI=1S/C16H25FN4O3/c1-20-6-11(4-19-20)7-21-8-13(17)3-14(21)5-18-16(23)2-12-9-24-10-15(12)22/h4,6,12-15,22H,2-3,5,7-10H2,1H3,(H,18,23)/t12-,13+,14+,15-/m1/s1. The van der Waals surface area contributed by atoms with Crippen molar-refractivity contribution in [3.8, 4) is 0 Å². The van der Waals surface area contributed by atoms with Crippen LogP contribution in [-0.4, -0.2) is 70.3 Å². The van der Waals surface area contributed by atoms with Gasteiger partial charge in [0, 0.05) is 56.8 Å². The topological polar surface area (TPSA) is 79.6 Å². The Morgan fingerprint density at radius 2 is 2.38 bits per heavy atom. The zero-order valence-electron chi connectivity index (χ0n) is 13.9. The summed E-state index contributed by atoms with van der Waals surface area (Å²) in [5, 5.41) is 16.7. The number of ether oxygens (including phenoxy) is 1. The highest BCUT2D eigenvalue weighted by Gasteiger charge is 2.33. The number of halogens is 1. The highest BCUT2D eigenvalue weighted by molar-refractivity contribution is 5.76. The molecule has 3 heterocycles. The maximum absolute atomic E-state index is 13.8. The Morgan fingerprint density at radius 3 is 3.04 bits per heavy atom. The first-order valence-electron chi connectivity index (χ1n) is 8.39. The van der Waals surface area contributed by atoms with Crippen molar-refractivity contribution in [2.75, 3.05) is 26.3 Å². The Balaban J connectivity index is 1.48. The van der Waals surface area contributed by atoms with Crippen molar-refractivity contribution >= 4 is 5.91 Å². The second-order valence-electron chi connectivity index (χ2n) is 6.81. The van der Waals surface area contributed by atoms with E-state index in [4.69, 9.17) is 4.74 Å². The van der Waals surface area contributed by atoms with Crippen LogP contribution in [0.2, 0.25) is 0 Å². The van der Waals surface area contributed by atoms with Crippen molar-refractivity contribution in [3.05, 3.63) is 18.0 Å². The molecule has 0 radical (unpaired) electrons. The summed E-state index contributed by atoms with van der Waals surface area (Å²) in [5.74, 6) is -0.262. The van der Waals surface area contributed by atoms with E-state index in [9.17, 15) is 14.3 Å².